The van der Waals surface area contributed by atoms with Crippen LogP contribution in [0.25, 0.3) is 0 Å². The summed E-state index contributed by atoms with van der Waals surface area (Å²) in [5, 5.41) is 11.2. The monoisotopic (exact) mass is 315 g/mol. The van der Waals surface area contributed by atoms with E-state index >= 15 is 0 Å². The fourth-order valence-electron chi connectivity index (χ4n) is 3.11. The van der Waals surface area contributed by atoms with Crippen molar-refractivity contribution in [2.45, 2.75) is 45.7 Å². The minimum absolute atomic E-state index is 0.000684. The van der Waals surface area contributed by atoms with Gasteiger partial charge >= 0.3 is 0 Å². The Morgan fingerprint density at radius 1 is 1.35 bits per heavy atom. The van der Waals surface area contributed by atoms with Gasteiger partial charge in [0.05, 0.1) is 23.6 Å². The van der Waals surface area contributed by atoms with Crippen LogP contribution in [0.1, 0.15) is 42.3 Å². The van der Waals surface area contributed by atoms with Crippen LogP contribution in [0.4, 0.5) is 0 Å². The summed E-state index contributed by atoms with van der Waals surface area (Å²) >= 11 is 0. The first kappa shape index (κ1) is 15.5. The van der Waals surface area contributed by atoms with Crippen molar-refractivity contribution in [1.29, 1.82) is 0 Å². The third-order valence-electron chi connectivity index (χ3n) is 4.31. The molecule has 2 aromatic rings. The zero-order valence-corrected chi connectivity index (χ0v) is 13.5. The van der Waals surface area contributed by atoms with Gasteiger partial charge in [-0.25, -0.2) is 4.68 Å². The Bertz CT molecular complexity index is 764. The number of aryl methyl sites for hydroxylation is 2. The first-order chi connectivity index (χ1) is 11.1. The Kier molecular flexibility index (Phi) is 4.27. The van der Waals surface area contributed by atoms with Gasteiger partial charge in [0, 0.05) is 12.6 Å². The lowest BCUT2D eigenvalue weighted by atomic mass is 9.97. The fourth-order valence-corrected chi connectivity index (χ4v) is 3.11. The summed E-state index contributed by atoms with van der Waals surface area (Å²) in [6.45, 7) is 4.47. The van der Waals surface area contributed by atoms with E-state index in [2.05, 4.69) is 15.3 Å². The molecule has 7 nitrogen and oxygen atoms in total. The van der Waals surface area contributed by atoms with E-state index in [1.807, 2.05) is 11.8 Å². The molecule has 3 rings (SSSR count). The van der Waals surface area contributed by atoms with Crippen molar-refractivity contribution in [2.75, 3.05) is 6.54 Å². The van der Waals surface area contributed by atoms with Gasteiger partial charge in [0.15, 0.2) is 0 Å². The average molecular weight is 315 g/mol. The van der Waals surface area contributed by atoms with Crippen LogP contribution >= 0.6 is 0 Å². The van der Waals surface area contributed by atoms with Crippen molar-refractivity contribution in [2.24, 2.45) is 0 Å². The first-order valence-electron chi connectivity index (χ1n) is 7.90. The normalized spacial score (nSPS) is 18.2. The molecule has 1 fully saturated rings. The topological polar surface area (TPSA) is 83.9 Å². The van der Waals surface area contributed by atoms with Crippen molar-refractivity contribution >= 4 is 5.91 Å². The molecule has 1 amide bonds. The number of piperidine rings is 1. The predicted molar refractivity (Wildman–Crippen MR) is 84.9 cm³/mol. The van der Waals surface area contributed by atoms with Crippen LogP contribution in [0.2, 0.25) is 0 Å². The van der Waals surface area contributed by atoms with E-state index in [1.165, 1.54) is 10.7 Å². The van der Waals surface area contributed by atoms with Crippen molar-refractivity contribution in [3.05, 3.63) is 45.6 Å². The molecule has 3 heterocycles. The number of carbonyl (C=O) groups is 1. The van der Waals surface area contributed by atoms with E-state index in [0.29, 0.717) is 6.54 Å². The maximum atomic E-state index is 12.7. The second kappa shape index (κ2) is 6.36. The molecule has 1 saturated heterocycles. The van der Waals surface area contributed by atoms with E-state index in [9.17, 15) is 9.59 Å². The third kappa shape index (κ3) is 3.18. The van der Waals surface area contributed by atoms with Gasteiger partial charge in [-0.2, -0.15) is 10.2 Å². The smallest absolute Gasteiger partial charge is 0.267 e. The lowest BCUT2D eigenvalue weighted by Gasteiger charge is -2.35. The van der Waals surface area contributed by atoms with Gasteiger partial charge in [0.25, 0.3) is 5.56 Å². The lowest BCUT2D eigenvalue weighted by molar-refractivity contribution is -0.136. The Morgan fingerprint density at radius 2 is 2.17 bits per heavy atom. The minimum Gasteiger partial charge on any atom is -0.332 e. The second-order valence-corrected chi connectivity index (χ2v) is 6.04. The highest BCUT2D eigenvalue weighted by molar-refractivity contribution is 5.76. The summed E-state index contributed by atoms with van der Waals surface area (Å²) in [5.41, 5.74) is 2.51. The molecule has 0 radical (unpaired) electrons. The maximum absolute atomic E-state index is 12.7. The van der Waals surface area contributed by atoms with E-state index in [4.69, 9.17) is 0 Å². The molecule has 0 spiro atoms. The highest BCUT2D eigenvalue weighted by atomic mass is 16.2. The molecule has 1 atom stereocenters. The number of nitrogens with zero attached hydrogens (tertiary/aromatic N) is 4. The SMILES string of the molecule is Cc1ccc(=O)n(CC(=O)N2CCCC[C@H]2c2[nH]ncc2C)n1. The molecule has 2 aromatic heterocycles. The van der Waals surface area contributed by atoms with Gasteiger partial charge in [-0.1, -0.05) is 0 Å². The van der Waals surface area contributed by atoms with Crippen LogP contribution < -0.4 is 5.56 Å². The van der Waals surface area contributed by atoms with Gasteiger partial charge in [-0.15, -0.1) is 0 Å². The molecular formula is C16H21N5O2. The van der Waals surface area contributed by atoms with Gasteiger partial charge in [-0.3, -0.25) is 14.7 Å². The standard InChI is InChI=1S/C16H21N5O2/c1-11-9-17-18-16(11)13-5-3-4-8-20(13)15(23)10-21-14(22)7-6-12(2)19-21/h6-7,9,13H,3-5,8,10H2,1-2H3,(H,17,18)/t13-/m0/s1. The number of likely N-dealkylation sites (tertiary alicyclic amines) is 1. The second-order valence-electron chi connectivity index (χ2n) is 6.04. The van der Waals surface area contributed by atoms with Crippen molar-refractivity contribution in [3.8, 4) is 0 Å². The van der Waals surface area contributed by atoms with Crippen molar-refractivity contribution in [1.82, 2.24) is 24.9 Å². The first-order valence-corrected chi connectivity index (χ1v) is 7.90. The molecule has 1 aliphatic heterocycles. The molecule has 0 bridgehead atoms. The summed E-state index contributed by atoms with van der Waals surface area (Å²) in [6, 6.07) is 3.10. The number of carbonyl (C=O) groups excluding carboxylic acids is 1. The molecule has 0 unspecified atom stereocenters. The summed E-state index contributed by atoms with van der Waals surface area (Å²) in [6.07, 6.45) is 4.74. The fraction of sp³-hybridized carbons (Fsp3) is 0.500. The number of rotatable bonds is 3. The molecule has 0 aromatic carbocycles. The van der Waals surface area contributed by atoms with Crippen LogP contribution in [0, 0.1) is 13.8 Å². The van der Waals surface area contributed by atoms with Gasteiger partial charge in [0.2, 0.25) is 5.91 Å². The molecule has 122 valence electrons. The van der Waals surface area contributed by atoms with Gasteiger partial charge in [-0.05, 0) is 44.7 Å². The summed E-state index contributed by atoms with van der Waals surface area (Å²) in [7, 11) is 0. The predicted octanol–water partition coefficient (Wildman–Crippen LogP) is 1.34. The summed E-state index contributed by atoms with van der Waals surface area (Å²) in [5.74, 6) is -0.0797. The molecule has 7 heteroatoms. The van der Waals surface area contributed by atoms with Gasteiger partial charge < -0.3 is 4.90 Å². The van der Waals surface area contributed by atoms with Gasteiger partial charge in [0.1, 0.15) is 6.54 Å². The van der Waals surface area contributed by atoms with Crippen LogP contribution in [0.15, 0.2) is 23.1 Å². The maximum Gasteiger partial charge on any atom is 0.267 e. The van der Waals surface area contributed by atoms with Crippen molar-refractivity contribution in [3.63, 3.8) is 0 Å². The summed E-state index contributed by atoms with van der Waals surface area (Å²) in [4.78, 5) is 26.5. The van der Waals surface area contributed by atoms with E-state index < -0.39 is 0 Å². The van der Waals surface area contributed by atoms with Crippen LogP contribution in [0.5, 0.6) is 0 Å². The Balaban J connectivity index is 1.83. The van der Waals surface area contributed by atoms with Crippen molar-refractivity contribution < 1.29 is 4.79 Å². The molecule has 23 heavy (non-hydrogen) atoms. The van der Waals surface area contributed by atoms with Crippen LogP contribution in [-0.2, 0) is 11.3 Å². The molecule has 0 saturated carbocycles. The highest BCUT2D eigenvalue weighted by Crippen LogP contribution is 2.31. The Morgan fingerprint density at radius 3 is 2.91 bits per heavy atom. The van der Waals surface area contributed by atoms with E-state index in [1.54, 1.807) is 19.2 Å². The number of hydrogen-bond donors (Lipinski definition) is 1. The molecule has 1 aliphatic rings. The number of amides is 1. The minimum atomic E-state index is -0.254. The Labute approximate surface area is 134 Å². The average Bonchev–Trinajstić information content (AvgIpc) is 2.97. The van der Waals surface area contributed by atoms with E-state index in [0.717, 1.165) is 36.2 Å². The number of hydrogen-bond acceptors (Lipinski definition) is 4. The zero-order valence-electron chi connectivity index (χ0n) is 13.5. The molecular weight excluding hydrogens is 294 g/mol. The number of nitrogens with one attached hydrogen (secondary N) is 1. The highest BCUT2D eigenvalue weighted by Gasteiger charge is 2.30. The zero-order chi connectivity index (χ0) is 16.4. The molecule has 1 N–H and O–H groups in total. The third-order valence-corrected chi connectivity index (χ3v) is 4.31. The number of H-pyrrole nitrogens is 1. The van der Waals surface area contributed by atoms with Crippen LogP contribution in [-0.4, -0.2) is 37.3 Å². The largest absolute Gasteiger partial charge is 0.332 e. The van der Waals surface area contributed by atoms with Crippen LogP contribution in [0.3, 0.4) is 0 Å². The molecule has 0 aliphatic carbocycles. The number of aromatic amines is 1. The number of aromatic nitrogens is 4. The van der Waals surface area contributed by atoms with E-state index in [-0.39, 0.29) is 24.1 Å². The quantitative estimate of drug-likeness (QED) is 0.926. The summed E-state index contributed by atoms with van der Waals surface area (Å²) < 4.78 is 1.24. The Hall–Kier alpha value is -2.44. The lowest BCUT2D eigenvalue weighted by Crippen LogP contribution is -2.42.